The Labute approximate surface area is 122 Å². The van der Waals surface area contributed by atoms with Crippen LogP contribution in [-0.4, -0.2) is 30.6 Å². The van der Waals surface area contributed by atoms with Crippen molar-refractivity contribution in [3.63, 3.8) is 0 Å². The predicted octanol–water partition coefficient (Wildman–Crippen LogP) is 3.32. The topological polar surface area (TPSA) is 15.3 Å². The van der Waals surface area contributed by atoms with Gasteiger partial charge in [0.25, 0.3) is 0 Å². The zero-order valence-corrected chi connectivity index (χ0v) is 12.9. The average molecular weight is 340 g/mol. The molecule has 0 saturated carbocycles. The highest BCUT2D eigenvalue weighted by atomic mass is 79.9. The number of nitrogens with zero attached hydrogens (tertiary/aromatic N) is 1. The molecular formula is C12H17BrCl2N2. The van der Waals surface area contributed by atoms with E-state index in [1.165, 1.54) is 5.56 Å². The van der Waals surface area contributed by atoms with E-state index in [4.69, 9.17) is 11.6 Å². The van der Waals surface area contributed by atoms with Crippen molar-refractivity contribution >= 4 is 39.9 Å². The standard InChI is InChI=1S/C12H16BrClN2.ClH/c1-9-7-15-4-5-16(9)8-10-2-3-11(14)6-12(10)13;/h2-3,6,9,15H,4-5,7-8H2,1H3;1H/t9-;/m1./s1. The number of hydrogen-bond acceptors (Lipinski definition) is 2. The van der Waals surface area contributed by atoms with Gasteiger partial charge in [-0.25, -0.2) is 0 Å². The second-order valence-corrected chi connectivity index (χ2v) is 5.55. The molecule has 0 aromatic heterocycles. The van der Waals surface area contributed by atoms with Crippen LogP contribution >= 0.6 is 39.9 Å². The fourth-order valence-corrected chi connectivity index (χ4v) is 2.79. The van der Waals surface area contributed by atoms with Crippen LogP contribution in [0.4, 0.5) is 0 Å². The molecule has 1 aliphatic heterocycles. The first kappa shape index (κ1) is 15.3. The van der Waals surface area contributed by atoms with E-state index in [1.807, 2.05) is 12.1 Å². The van der Waals surface area contributed by atoms with Crippen molar-refractivity contribution in [1.29, 1.82) is 0 Å². The lowest BCUT2D eigenvalue weighted by Crippen LogP contribution is -2.49. The van der Waals surface area contributed by atoms with Crippen LogP contribution < -0.4 is 5.32 Å². The molecule has 2 nitrogen and oxygen atoms in total. The van der Waals surface area contributed by atoms with Crippen LogP contribution in [0.15, 0.2) is 22.7 Å². The number of benzene rings is 1. The molecule has 2 rings (SSSR count). The molecule has 0 bridgehead atoms. The third-order valence-corrected chi connectivity index (χ3v) is 4.00. The van der Waals surface area contributed by atoms with Crippen molar-refractivity contribution in [3.8, 4) is 0 Å². The lowest BCUT2D eigenvalue weighted by atomic mass is 10.1. The van der Waals surface area contributed by atoms with Crippen LogP contribution in [0.1, 0.15) is 12.5 Å². The average Bonchev–Trinajstić information content (AvgIpc) is 2.25. The molecule has 5 heteroatoms. The number of piperazine rings is 1. The smallest absolute Gasteiger partial charge is 0.0417 e. The minimum Gasteiger partial charge on any atom is -0.314 e. The molecule has 1 N–H and O–H groups in total. The number of rotatable bonds is 2. The van der Waals surface area contributed by atoms with E-state index in [1.54, 1.807) is 0 Å². The summed E-state index contributed by atoms with van der Waals surface area (Å²) in [5.74, 6) is 0. The molecule has 0 amide bonds. The number of hydrogen-bond donors (Lipinski definition) is 1. The Hall–Kier alpha value is 0.200. The highest BCUT2D eigenvalue weighted by Crippen LogP contribution is 2.23. The number of halogens is 3. The van der Waals surface area contributed by atoms with E-state index < -0.39 is 0 Å². The summed E-state index contributed by atoms with van der Waals surface area (Å²) in [5, 5.41) is 4.18. The van der Waals surface area contributed by atoms with Crippen molar-refractivity contribution in [2.45, 2.75) is 19.5 Å². The zero-order chi connectivity index (χ0) is 11.5. The molecule has 96 valence electrons. The van der Waals surface area contributed by atoms with Gasteiger partial charge in [-0.1, -0.05) is 33.6 Å². The third-order valence-electron chi connectivity index (χ3n) is 3.03. The minimum absolute atomic E-state index is 0. The van der Waals surface area contributed by atoms with Crippen molar-refractivity contribution in [2.24, 2.45) is 0 Å². The summed E-state index contributed by atoms with van der Waals surface area (Å²) in [4.78, 5) is 2.49. The molecule has 1 aromatic carbocycles. The largest absolute Gasteiger partial charge is 0.314 e. The Kier molecular flexibility index (Phi) is 6.24. The van der Waals surface area contributed by atoms with Gasteiger partial charge in [0.2, 0.25) is 0 Å². The maximum atomic E-state index is 5.93. The van der Waals surface area contributed by atoms with Gasteiger partial charge in [-0.2, -0.15) is 0 Å². The Morgan fingerprint density at radius 3 is 2.94 bits per heavy atom. The molecule has 0 unspecified atom stereocenters. The first-order valence-corrected chi connectivity index (χ1v) is 6.72. The van der Waals surface area contributed by atoms with E-state index >= 15 is 0 Å². The number of nitrogens with one attached hydrogen (secondary N) is 1. The first-order chi connectivity index (χ1) is 7.66. The van der Waals surface area contributed by atoms with E-state index in [2.05, 4.69) is 39.1 Å². The van der Waals surface area contributed by atoms with Crippen LogP contribution in [0.2, 0.25) is 5.02 Å². The van der Waals surface area contributed by atoms with Crippen molar-refractivity contribution < 1.29 is 0 Å². The second kappa shape index (κ2) is 6.95. The van der Waals surface area contributed by atoms with Crippen LogP contribution in [0.3, 0.4) is 0 Å². The van der Waals surface area contributed by atoms with Gasteiger partial charge in [-0.15, -0.1) is 12.4 Å². The molecule has 17 heavy (non-hydrogen) atoms. The molecule has 1 fully saturated rings. The summed E-state index contributed by atoms with van der Waals surface area (Å²) in [6.07, 6.45) is 0. The SMILES string of the molecule is C[C@@H]1CNCCN1Cc1ccc(Cl)cc1Br.Cl. The van der Waals surface area contributed by atoms with Crippen LogP contribution in [0.5, 0.6) is 0 Å². The Morgan fingerprint density at radius 2 is 2.29 bits per heavy atom. The van der Waals surface area contributed by atoms with Gasteiger partial charge in [-0.05, 0) is 24.6 Å². The van der Waals surface area contributed by atoms with E-state index in [9.17, 15) is 0 Å². The van der Waals surface area contributed by atoms with Gasteiger partial charge in [0.05, 0.1) is 0 Å². The lowest BCUT2D eigenvalue weighted by Gasteiger charge is -2.34. The van der Waals surface area contributed by atoms with Crippen molar-refractivity contribution in [1.82, 2.24) is 10.2 Å². The van der Waals surface area contributed by atoms with E-state index in [0.29, 0.717) is 6.04 Å². The second-order valence-electron chi connectivity index (χ2n) is 4.26. The summed E-state index contributed by atoms with van der Waals surface area (Å²) in [6, 6.07) is 6.61. The first-order valence-electron chi connectivity index (χ1n) is 5.55. The fraction of sp³-hybridized carbons (Fsp3) is 0.500. The minimum atomic E-state index is 0. The molecular weight excluding hydrogens is 323 g/mol. The monoisotopic (exact) mass is 338 g/mol. The molecule has 0 radical (unpaired) electrons. The zero-order valence-electron chi connectivity index (χ0n) is 9.75. The quantitative estimate of drug-likeness (QED) is 0.889. The molecule has 1 heterocycles. The molecule has 1 aromatic rings. The lowest BCUT2D eigenvalue weighted by molar-refractivity contribution is 0.165. The summed E-state index contributed by atoms with van der Waals surface area (Å²) in [7, 11) is 0. The highest BCUT2D eigenvalue weighted by Gasteiger charge is 2.18. The molecule has 1 atom stereocenters. The molecule has 1 aliphatic rings. The van der Waals surface area contributed by atoms with Gasteiger partial charge in [0.15, 0.2) is 0 Å². The van der Waals surface area contributed by atoms with E-state index in [0.717, 1.165) is 35.7 Å². The van der Waals surface area contributed by atoms with Crippen LogP contribution in [0.25, 0.3) is 0 Å². The highest BCUT2D eigenvalue weighted by molar-refractivity contribution is 9.10. The van der Waals surface area contributed by atoms with Crippen LogP contribution in [0, 0.1) is 0 Å². The Balaban J connectivity index is 0.00000144. The maximum Gasteiger partial charge on any atom is 0.0417 e. The van der Waals surface area contributed by atoms with Gasteiger partial charge >= 0.3 is 0 Å². The van der Waals surface area contributed by atoms with Gasteiger partial charge in [0, 0.05) is 41.7 Å². The third kappa shape index (κ3) is 4.11. The Bertz CT molecular complexity index is 374. The van der Waals surface area contributed by atoms with Crippen molar-refractivity contribution in [2.75, 3.05) is 19.6 Å². The predicted molar refractivity (Wildman–Crippen MR) is 79.1 cm³/mol. The summed E-state index contributed by atoms with van der Waals surface area (Å²) < 4.78 is 1.10. The molecule has 1 saturated heterocycles. The molecule has 0 aliphatic carbocycles. The van der Waals surface area contributed by atoms with E-state index in [-0.39, 0.29) is 12.4 Å². The van der Waals surface area contributed by atoms with Crippen LogP contribution in [-0.2, 0) is 6.54 Å². The normalized spacial score (nSPS) is 21.0. The van der Waals surface area contributed by atoms with Gasteiger partial charge < -0.3 is 5.32 Å². The van der Waals surface area contributed by atoms with Gasteiger partial charge in [0.1, 0.15) is 0 Å². The molecule has 0 spiro atoms. The summed E-state index contributed by atoms with van der Waals surface area (Å²) in [6.45, 7) is 6.51. The summed E-state index contributed by atoms with van der Waals surface area (Å²) in [5.41, 5.74) is 1.30. The van der Waals surface area contributed by atoms with Crippen molar-refractivity contribution in [3.05, 3.63) is 33.3 Å². The summed E-state index contributed by atoms with van der Waals surface area (Å²) >= 11 is 9.50. The maximum absolute atomic E-state index is 5.93. The fourth-order valence-electron chi connectivity index (χ4n) is 1.99. The Morgan fingerprint density at radius 1 is 1.53 bits per heavy atom. The van der Waals surface area contributed by atoms with Gasteiger partial charge in [-0.3, -0.25) is 4.90 Å².